The van der Waals surface area contributed by atoms with Crippen molar-refractivity contribution in [1.82, 2.24) is 0 Å². The van der Waals surface area contributed by atoms with Crippen molar-refractivity contribution < 1.29 is 4.74 Å². The summed E-state index contributed by atoms with van der Waals surface area (Å²) in [6, 6.07) is 6.66. The number of benzene rings is 1. The predicted octanol–water partition coefficient (Wildman–Crippen LogP) is 3.86. The van der Waals surface area contributed by atoms with Crippen LogP contribution in [-0.2, 0) is 11.2 Å². The Morgan fingerprint density at radius 1 is 1.41 bits per heavy atom. The molecule has 1 aliphatic rings. The van der Waals surface area contributed by atoms with Gasteiger partial charge in [0.15, 0.2) is 0 Å². The first-order valence-corrected chi connectivity index (χ1v) is 5.97. The summed E-state index contributed by atoms with van der Waals surface area (Å²) in [5.41, 5.74) is 5.30. The third-order valence-electron chi connectivity index (χ3n) is 2.98. The highest BCUT2D eigenvalue weighted by atomic mass is 16.5. The second kappa shape index (κ2) is 5.65. The van der Waals surface area contributed by atoms with E-state index in [1.54, 1.807) is 7.11 Å². The molecule has 0 amide bonds. The van der Waals surface area contributed by atoms with Crippen molar-refractivity contribution in [3.8, 4) is 0 Å². The molecule has 0 radical (unpaired) electrons. The molecule has 0 bridgehead atoms. The average molecular weight is 226 g/mol. The molecule has 1 aromatic rings. The maximum atomic E-state index is 5.02. The van der Waals surface area contributed by atoms with E-state index in [1.165, 1.54) is 22.3 Å². The molecule has 1 aliphatic carbocycles. The van der Waals surface area contributed by atoms with Crippen LogP contribution in [0.3, 0.4) is 0 Å². The van der Waals surface area contributed by atoms with Gasteiger partial charge in [-0.05, 0) is 35.6 Å². The molecule has 0 heterocycles. The number of fused-ring (bicyclic) bond motifs is 1. The second-order valence-electron chi connectivity index (χ2n) is 4.12. The van der Waals surface area contributed by atoms with Crippen LogP contribution in [0.4, 0.5) is 0 Å². The Morgan fingerprint density at radius 2 is 2.29 bits per heavy atom. The van der Waals surface area contributed by atoms with Gasteiger partial charge in [-0.25, -0.2) is 0 Å². The van der Waals surface area contributed by atoms with Crippen LogP contribution < -0.4 is 0 Å². The lowest BCUT2D eigenvalue weighted by Crippen LogP contribution is -1.88. The average Bonchev–Trinajstić information content (AvgIpc) is 2.82. The van der Waals surface area contributed by atoms with E-state index < -0.39 is 0 Å². The van der Waals surface area contributed by atoms with E-state index in [9.17, 15) is 0 Å². The van der Waals surface area contributed by atoms with Crippen molar-refractivity contribution in [2.75, 3.05) is 13.7 Å². The Bertz CT molecular complexity index is 478. The van der Waals surface area contributed by atoms with Crippen molar-refractivity contribution in [2.24, 2.45) is 0 Å². The van der Waals surface area contributed by atoms with E-state index in [0.29, 0.717) is 6.61 Å². The zero-order valence-corrected chi connectivity index (χ0v) is 10.4. The minimum absolute atomic E-state index is 0.657. The summed E-state index contributed by atoms with van der Waals surface area (Å²) in [5, 5.41) is 0. The highest BCUT2D eigenvalue weighted by Crippen LogP contribution is 2.24. The second-order valence-corrected chi connectivity index (χ2v) is 4.12. The van der Waals surface area contributed by atoms with Crippen molar-refractivity contribution in [2.45, 2.75) is 13.3 Å². The van der Waals surface area contributed by atoms with Gasteiger partial charge < -0.3 is 4.74 Å². The van der Waals surface area contributed by atoms with Crippen LogP contribution in [0.5, 0.6) is 0 Å². The van der Waals surface area contributed by atoms with Crippen LogP contribution in [0.1, 0.15) is 23.6 Å². The summed E-state index contributed by atoms with van der Waals surface area (Å²) < 4.78 is 5.02. The van der Waals surface area contributed by atoms with Gasteiger partial charge in [-0.3, -0.25) is 0 Å². The van der Waals surface area contributed by atoms with Gasteiger partial charge in [0.1, 0.15) is 0 Å². The third-order valence-corrected chi connectivity index (χ3v) is 2.98. The van der Waals surface area contributed by atoms with Gasteiger partial charge in [0.05, 0.1) is 6.61 Å². The summed E-state index contributed by atoms with van der Waals surface area (Å²) >= 11 is 0. The fraction of sp³-hybridized carbons (Fsp3) is 0.250. The highest BCUT2D eigenvalue weighted by Gasteiger charge is 2.06. The van der Waals surface area contributed by atoms with Crippen LogP contribution in [0.15, 0.2) is 42.5 Å². The number of methoxy groups -OCH3 is 1. The Hall–Kier alpha value is -1.60. The Morgan fingerprint density at radius 3 is 3.06 bits per heavy atom. The first-order valence-electron chi connectivity index (χ1n) is 5.97. The number of ether oxygens (including phenoxy) is 1. The number of hydrogen-bond acceptors (Lipinski definition) is 1. The van der Waals surface area contributed by atoms with Gasteiger partial charge in [-0.1, -0.05) is 48.6 Å². The van der Waals surface area contributed by atoms with E-state index in [0.717, 1.165) is 6.42 Å². The molecule has 0 saturated heterocycles. The minimum Gasteiger partial charge on any atom is -0.381 e. The van der Waals surface area contributed by atoms with E-state index >= 15 is 0 Å². The van der Waals surface area contributed by atoms with E-state index in [-0.39, 0.29) is 0 Å². The molecule has 0 aromatic heterocycles. The molecule has 1 heteroatoms. The molecule has 1 nitrogen and oxygen atoms in total. The molecular weight excluding hydrogens is 208 g/mol. The maximum absolute atomic E-state index is 5.02. The minimum atomic E-state index is 0.657. The zero-order valence-electron chi connectivity index (χ0n) is 10.4. The summed E-state index contributed by atoms with van der Waals surface area (Å²) in [7, 11) is 1.71. The lowest BCUT2D eigenvalue weighted by molar-refractivity contribution is 0.234. The zero-order chi connectivity index (χ0) is 12.1. The summed E-state index contributed by atoms with van der Waals surface area (Å²) in [4.78, 5) is 0. The molecule has 0 fully saturated rings. The summed E-state index contributed by atoms with van der Waals surface area (Å²) in [5.74, 6) is 0. The number of rotatable bonds is 4. The van der Waals surface area contributed by atoms with E-state index in [2.05, 4.69) is 49.4 Å². The van der Waals surface area contributed by atoms with Crippen LogP contribution in [0.2, 0.25) is 0 Å². The molecule has 0 unspecified atom stereocenters. The predicted molar refractivity (Wildman–Crippen MR) is 73.8 cm³/mol. The lowest BCUT2D eigenvalue weighted by atomic mass is 10.00. The molecular formula is C16H18O. The van der Waals surface area contributed by atoms with Crippen molar-refractivity contribution >= 4 is 11.6 Å². The number of hydrogen-bond donors (Lipinski definition) is 0. The molecule has 0 N–H and O–H groups in total. The maximum Gasteiger partial charge on any atom is 0.0646 e. The third kappa shape index (κ3) is 2.75. The summed E-state index contributed by atoms with van der Waals surface area (Å²) in [6.45, 7) is 2.72. The van der Waals surface area contributed by atoms with Crippen LogP contribution >= 0.6 is 0 Å². The molecule has 2 rings (SSSR count). The van der Waals surface area contributed by atoms with Gasteiger partial charge in [0.2, 0.25) is 0 Å². The molecule has 88 valence electrons. The highest BCUT2D eigenvalue weighted by molar-refractivity contribution is 5.76. The van der Waals surface area contributed by atoms with E-state index in [4.69, 9.17) is 4.74 Å². The molecule has 0 spiro atoms. The normalized spacial score (nSPS) is 14.6. The largest absolute Gasteiger partial charge is 0.381 e. The van der Waals surface area contributed by atoms with Gasteiger partial charge in [-0.2, -0.15) is 0 Å². The topological polar surface area (TPSA) is 9.23 Å². The first-order chi connectivity index (χ1) is 8.35. The molecule has 0 aliphatic heterocycles. The Kier molecular flexibility index (Phi) is 3.94. The molecule has 17 heavy (non-hydrogen) atoms. The fourth-order valence-corrected chi connectivity index (χ4v) is 2.07. The summed E-state index contributed by atoms with van der Waals surface area (Å²) in [6.07, 6.45) is 11.8. The van der Waals surface area contributed by atoms with Gasteiger partial charge in [-0.15, -0.1) is 0 Å². The monoisotopic (exact) mass is 226 g/mol. The van der Waals surface area contributed by atoms with Gasteiger partial charge in [0, 0.05) is 7.11 Å². The lowest BCUT2D eigenvalue weighted by Gasteiger charge is -2.05. The van der Waals surface area contributed by atoms with Crippen molar-refractivity contribution in [3.05, 3.63) is 59.2 Å². The number of allylic oxidation sites excluding steroid dienone is 4. The van der Waals surface area contributed by atoms with Crippen LogP contribution in [0.25, 0.3) is 11.6 Å². The van der Waals surface area contributed by atoms with Gasteiger partial charge >= 0.3 is 0 Å². The molecule has 0 saturated carbocycles. The quantitative estimate of drug-likeness (QED) is 0.708. The standard InChI is InChI=1S/C16H18O/c1-3-13(8-5-11-17-2)16-10-9-14-6-4-7-15(14)12-16/h3-6,8-10,12H,7,11H2,1-2H3/b8-5-,13-3+. The van der Waals surface area contributed by atoms with E-state index in [1.807, 2.05) is 6.08 Å². The molecule has 0 atom stereocenters. The first kappa shape index (κ1) is 11.9. The Labute approximate surface area is 103 Å². The smallest absolute Gasteiger partial charge is 0.0646 e. The SMILES string of the molecule is C/C=C(\C=C/COC)c1ccc2c(c1)CC=C2. The van der Waals surface area contributed by atoms with Crippen molar-refractivity contribution in [1.29, 1.82) is 0 Å². The molecule has 1 aromatic carbocycles. The fourth-order valence-electron chi connectivity index (χ4n) is 2.07. The van der Waals surface area contributed by atoms with Crippen LogP contribution in [-0.4, -0.2) is 13.7 Å². The Balaban J connectivity index is 2.21. The van der Waals surface area contributed by atoms with Crippen molar-refractivity contribution in [3.63, 3.8) is 0 Å². The van der Waals surface area contributed by atoms with Gasteiger partial charge in [0.25, 0.3) is 0 Å². The van der Waals surface area contributed by atoms with Crippen LogP contribution in [0, 0.1) is 0 Å².